The van der Waals surface area contributed by atoms with Gasteiger partial charge in [0.2, 0.25) is 5.91 Å². The van der Waals surface area contributed by atoms with E-state index in [9.17, 15) is 4.79 Å². The molecule has 9 unspecified atom stereocenters. The number of aromatic nitrogens is 2. The molecule has 1 amide bonds. The molecule has 0 radical (unpaired) electrons. The van der Waals surface area contributed by atoms with Gasteiger partial charge in [0.25, 0.3) is 0 Å². The lowest BCUT2D eigenvalue weighted by molar-refractivity contribution is -0.134. The lowest BCUT2D eigenvalue weighted by atomic mass is 9.59. The second kappa shape index (κ2) is 9.62. The predicted octanol–water partition coefficient (Wildman–Crippen LogP) is 1.52. The fourth-order valence-corrected chi connectivity index (χ4v) is 8.01. The Morgan fingerprint density at radius 1 is 1.18 bits per heavy atom. The van der Waals surface area contributed by atoms with E-state index in [0.29, 0.717) is 23.8 Å². The molecule has 2 saturated carbocycles. The molecule has 2 aliphatic heterocycles. The maximum absolute atomic E-state index is 13.5. The Morgan fingerprint density at radius 2 is 2.12 bits per heavy atom. The molecule has 0 spiro atoms. The van der Waals surface area contributed by atoms with Crippen molar-refractivity contribution >= 4 is 17.2 Å². The second-order valence-corrected chi connectivity index (χ2v) is 11.4. The molecule has 34 heavy (non-hydrogen) atoms. The maximum atomic E-state index is 13.5. The average molecular weight is 482 g/mol. The van der Waals surface area contributed by atoms with Gasteiger partial charge in [-0.05, 0) is 61.5 Å². The van der Waals surface area contributed by atoms with Crippen molar-refractivity contribution in [3.8, 4) is 0 Å². The van der Waals surface area contributed by atoms with Gasteiger partial charge in [-0.25, -0.2) is 4.98 Å². The minimum atomic E-state index is -0.231. The van der Waals surface area contributed by atoms with Crippen molar-refractivity contribution in [2.75, 3.05) is 6.54 Å². The van der Waals surface area contributed by atoms with E-state index in [-0.39, 0.29) is 36.0 Å². The lowest BCUT2D eigenvalue weighted by Crippen LogP contribution is -2.70. The van der Waals surface area contributed by atoms with Crippen LogP contribution in [-0.2, 0) is 11.2 Å². The van der Waals surface area contributed by atoms with E-state index in [4.69, 9.17) is 10.7 Å². The summed E-state index contributed by atoms with van der Waals surface area (Å²) in [5.74, 6) is 1.54. The van der Waals surface area contributed by atoms with Crippen LogP contribution in [-0.4, -0.2) is 46.7 Å². The van der Waals surface area contributed by atoms with Crippen molar-refractivity contribution in [1.82, 2.24) is 31.5 Å². The largest absolute Gasteiger partial charge is 0.340 e. The van der Waals surface area contributed by atoms with Crippen LogP contribution in [0.2, 0.25) is 0 Å². The highest BCUT2D eigenvalue weighted by Gasteiger charge is 2.54. The van der Waals surface area contributed by atoms with Gasteiger partial charge < -0.3 is 11.1 Å². The summed E-state index contributed by atoms with van der Waals surface area (Å²) in [6.07, 6.45) is 11.9. The van der Waals surface area contributed by atoms with Crippen molar-refractivity contribution in [3.05, 3.63) is 46.7 Å². The van der Waals surface area contributed by atoms with Crippen LogP contribution in [0.15, 0.2) is 36.1 Å². The third-order valence-electron chi connectivity index (χ3n) is 8.78. The van der Waals surface area contributed by atoms with Crippen molar-refractivity contribution in [2.24, 2.45) is 29.4 Å². The van der Waals surface area contributed by atoms with Gasteiger partial charge in [0.1, 0.15) is 0 Å². The quantitative estimate of drug-likeness (QED) is 0.440. The van der Waals surface area contributed by atoms with Gasteiger partial charge in [-0.1, -0.05) is 12.5 Å². The highest BCUT2D eigenvalue weighted by molar-refractivity contribution is 7.09. The number of carbonyl (C=O) groups is 1. The number of hydrogen-bond acceptors (Lipinski definition) is 8. The van der Waals surface area contributed by atoms with Gasteiger partial charge in [-0.15, -0.1) is 11.3 Å². The standard InChI is InChI=1S/C25H35N7OS/c26-22-16(15-4-1-5-19-18(15)13-29-32-19)11-17(25-28-9-10-34-25)23-21(22)24(33)31-20(30-23)7-6-14-3-2-8-27-12-14/h2-3,8-10,12,15-23,29-30,32H,1,4-7,11,13,26H2,(H,31,33). The van der Waals surface area contributed by atoms with Crippen LogP contribution in [0, 0.1) is 23.7 Å². The number of pyridine rings is 1. The first-order chi connectivity index (χ1) is 16.7. The summed E-state index contributed by atoms with van der Waals surface area (Å²) in [5.41, 5.74) is 15.1. The Balaban J connectivity index is 1.24. The lowest BCUT2D eigenvalue weighted by Gasteiger charge is -2.52. The molecule has 4 fully saturated rings. The number of nitrogens with zero attached hydrogens (tertiary/aromatic N) is 2. The molecular formula is C25H35N7OS. The molecule has 8 nitrogen and oxygen atoms in total. The first-order valence-corrected chi connectivity index (χ1v) is 13.7. The molecular weight excluding hydrogens is 446 g/mol. The summed E-state index contributed by atoms with van der Waals surface area (Å²) in [4.78, 5) is 22.5. The molecule has 2 aromatic heterocycles. The van der Waals surface area contributed by atoms with Crippen molar-refractivity contribution in [3.63, 3.8) is 0 Å². The van der Waals surface area contributed by atoms with Gasteiger partial charge in [0, 0.05) is 54.6 Å². The molecule has 0 aromatic carbocycles. The number of amides is 1. The number of rotatable bonds is 5. The van der Waals surface area contributed by atoms with Gasteiger partial charge in [-0.3, -0.25) is 25.9 Å². The highest BCUT2D eigenvalue weighted by atomic mass is 32.1. The summed E-state index contributed by atoms with van der Waals surface area (Å²) in [7, 11) is 0. The van der Waals surface area contributed by atoms with Crippen LogP contribution in [0.1, 0.15) is 48.6 Å². The van der Waals surface area contributed by atoms with E-state index < -0.39 is 0 Å². The Bertz CT molecular complexity index is 973. The van der Waals surface area contributed by atoms with Crippen LogP contribution in [0.5, 0.6) is 0 Å². The van der Waals surface area contributed by atoms with E-state index in [0.717, 1.165) is 30.8 Å². The number of thiazole rings is 1. The first kappa shape index (κ1) is 22.5. The minimum Gasteiger partial charge on any atom is -0.340 e. The van der Waals surface area contributed by atoms with Crippen LogP contribution < -0.4 is 27.2 Å². The predicted molar refractivity (Wildman–Crippen MR) is 132 cm³/mol. The Morgan fingerprint density at radius 3 is 2.94 bits per heavy atom. The molecule has 6 rings (SSSR count). The zero-order chi connectivity index (χ0) is 23.1. The first-order valence-electron chi connectivity index (χ1n) is 12.8. The third-order valence-corrected chi connectivity index (χ3v) is 9.68. The molecule has 4 aliphatic rings. The zero-order valence-corrected chi connectivity index (χ0v) is 20.2. The third kappa shape index (κ3) is 4.18. The number of hydrogen-bond donors (Lipinski definition) is 5. The molecule has 0 bridgehead atoms. The SMILES string of the molecule is NC1C(C2CCCC3NNCC32)CC(c2nccs2)C2NC(CCc3cccnc3)NC(=O)C12. The number of aryl methyl sites for hydroxylation is 1. The fourth-order valence-electron chi connectivity index (χ4n) is 7.21. The maximum Gasteiger partial charge on any atom is 0.227 e. The highest BCUT2D eigenvalue weighted by Crippen LogP contribution is 2.48. The van der Waals surface area contributed by atoms with Crippen LogP contribution >= 0.6 is 11.3 Å². The molecule has 9 atom stereocenters. The molecule has 2 aromatic rings. The second-order valence-electron chi connectivity index (χ2n) is 10.5. The average Bonchev–Trinajstić information content (AvgIpc) is 3.56. The number of nitrogens with one attached hydrogen (secondary N) is 4. The minimum absolute atomic E-state index is 0.0178. The molecule has 182 valence electrons. The summed E-state index contributed by atoms with van der Waals surface area (Å²) < 4.78 is 0. The van der Waals surface area contributed by atoms with Crippen LogP contribution in [0.4, 0.5) is 0 Å². The van der Waals surface area contributed by atoms with Crippen molar-refractivity contribution in [2.45, 2.75) is 68.7 Å². The normalized spacial score (nSPS) is 39.8. The van der Waals surface area contributed by atoms with Crippen LogP contribution in [0.25, 0.3) is 0 Å². The Labute approximate surface area is 204 Å². The van der Waals surface area contributed by atoms with Crippen LogP contribution in [0.3, 0.4) is 0 Å². The van der Waals surface area contributed by atoms with Gasteiger partial charge in [0.05, 0.1) is 17.1 Å². The summed E-state index contributed by atoms with van der Waals surface area (Å²) in [5, 5.41) is 10.3. The number of carbonyl (C=O) groups excluding carboxylic acids is 1. The fraction of sp³-hybridized carbons (Fsp3) is 0.640. The molecule has 2 saturated heterocycles. The number of nitrogens with two attached hydrogens (primary N) is 1. The van der Waals surface area contributed by atoms with Gasteiger partial charge in [0.15, 0.2) is 0 Å². The topological polar surface area (TPSA) is 117 Å². The Kier molecular flexibility index (Phi) is 6.38. The molecule has 2 aliphatic carbocycles. The van der Waals surface area contributed by atoms with E-state index in [1.54, 1.807) is 17.5 Å². The van der Waals surface area contributed by atoms with Crippen molar-refractivity contribution < 1.29 is 4.79 Å². The number of fused-ring (bicyclic) bond motifs is 2. The van der Waals surface area contributed by atoms with Gasteiger partial charge >= 0.3 is 0 Å². The monoisotopic (exact) mass is 481 g/mol. The molecule has 9 heteroatoms. The number of hydrazine groups is 1. The van der Waals surface area contributed by atoms with Crippen molar-refractivity contribution in [1.29, 1.82) is 0 Å². The van der Waals surface area contributed by atoms with E-state index >= 15 is 0 Å². The van der Waals surface area contributed by atoms with E-state index in [1.165, 1.54) is 24.8 Å². The molecule has 6 N–H and O–H groups in total. The molecule has 4 heterocycles. The van der Waals surface area contributed by atoms with Gasteiger partial charge in [-0.2, -0.15) is 0 Å². The zero-order valence-electron chi connectivity index (χ0n) is 19.4. The smallest absolute Gasteiger partial charge is 0.227 e. The summed E-state index contributed by atoms with van der Waals surface area (Å²) in [6, 6.07) is 4.45. The summed E-state index contributed by atoms with van der Waals surface area (Å²) >= 11 is 1.71. The summed E-state index contributed by atoms with van der Waals surface area (Å²) in [6.45, 7) is 0.995. The van der Waals surface area contributed by atoms with E-state index in [1.807, 2.05) is 18.5 Å². The van der Waals surface area contributed by atoms with E-state index in [2.05, 4.69) is 37.9 Å². The Hall–Kier alpha value is -1.91.